The molecule has 1 aromatic rings. The highest BCUT2D eigenvalue weighted by molar-refractivity contribution is 9.10. The molecule has 0 aromatic heterocycles. The summed E-state index contributed by atoms with van der Waals surface area (Å²) in [5.74, 6) is -0.849. The second-order valence-electron chi connectivity index (χ2n) is 4.34. The number of hydrogen-bond donors (Lipinski definition) is 2. The van der Waals surface area contributed by atoms with E-state index in [1.165, 1.54) is 0 Å². The molecule has 1 unspecified atom stereocenters. The Morgan fingerprint density at radius 1 is 1.53 bits per heavy atom. The van der Waals surface area contributed by atoms with Crippen LogP contribution >= 0.6 is 15.9 Å². The van der Waals surface area contributed by atoms with E-state index in [2.05, 4.69) is 21.2 Å². The number of benzene rings is 1. The van der Waals surface area contributed by atoms with E-state index in [-0.39, 0.29) is 0 Å². The van der Waals surface area contributed by atoms with E-state index in [1.54, 1.807) is 6.07 Å². The molecule has 0 heterocycles. The Morgan fingerprint density at radius 2 is 2.26 bits per heavy atom. The molecule has 0 bridgehead atoms. The number of nitrogens with one attached hydrogen (secondary N) is 1. The zero-order chi connectivity index (χ0) is 14.3. The molecular formula is C14H18BrNO3. The molecule has 1 atom stereocenters. The van der Waals surface area contributed by atoms with Crippen molar-refractivity contribution in [3.05, 3.63) is 33.8 Å². The second-order valence-corrected chi connectivity index (χ2v) is 5.26. The normalized spacial score (nSPS) is 12.1. The van der Waals surface area contributed by atoms with Gasteiger partial charge >= 0.3 is 5.97 Å². The van der Waals surface area contributed by atoms with E-state index in [0.29, 0.717) is 24.9 Å². The molecule has 1 aromatic carbocycles. The average molecular weight is 328 g/mol. The van der Waals surface area contributed by atoms with E-state index in [0.717, 1.165) is 22.7 Å². The van der Waals surface area contributed by atoms with E-state index in [4.69, 9.17) is 5.11 Å². The van der Waals surface area contributed by atoms with Crippen LogP contribution in [-0.2, 0) is 11.2 Å². The Kier molecular flexibility index (Phi) is 6.73. The molecular weight excluding hydrogens is 310 g/mol. The topological polar surface area (TPSA) is 66.4 Å². The molecule has 0 fully saturated rings. The summed E-state index contributed by atoms with van der Waals surface area (Å²) < 4.78 is 0.845. The van der Waals surface area contributed by atoms with E-state index < -0.39 is 12.0 Å². The summed E-state index contributed by atoms with van der Waals surface area (Å²) in [6.07, 6.45) is 2.73. The molecule has 2 N–H and O–H groups in total. The maximum absolute atomic E-state index is 11.1. The van der Waals surface area contributed by atoms with Crippen molar-refractivity contribution in [2.45, 2.75) is 32.2 Å². The van der Waals surface area contributed by atoms with Gasteiger partial charge in [-0.05, 0) is 43.5 Å². The standard InChI is InChI=1S/C14H18BrNO3/c1-2-7-16-13(14(18)19)6-4-10-3-5-12(15)8-11(10)9-17/h3,5,8-9,13,16H,2,4,6-7H2,1H3,(H,18,19). The highest BCUT2D eigenvalue weighted by atomic mass is 79.9. The van der Waals surface area contributed by atoms with Gasteiger partial charge < -0.3 is 10.4 Å². The van der Waals surface area contributed by atoms with Crippen LogP contribution in [0, 0.1) is 0 Å². The summed E-state index contributed by atoms with van der Waals surface area (Å²) >= 11 is 3.31. The van der Waals surface area contributed by atoms with Gasteiger partial charge in [0.05, 0.1) is 0 Å². The second kappa shape index (κ2) is 8.07. The van der Waals surface area contributed by atoms with Crippen molar-refractivity contribution in [2.75, 3.05) is 6.54 Å². The molecule has 0 saturated carbocycles. The van der Waals surface area contributed by atoms with Crippen molar-refractivity contribution in [1.82, 2.24) is 5.32 Å². The Morgan fingerprint density at radius 3 is 2.84 bits per heavy atom. The van der Waals surface area contributed by atoms with Gasteiger partial charge in [-0.1, -0.05) is 28.9 Å². The zero-order valence-electron chi connectivity index (χ0n) is 10.9. The summed E-state index contributed by atoms with van der Waals surface area (Å²) in [6.45, 7) is 2.67. The van der Waals surface area contributed by atoms with Gasteiger partial charge in [0.15, 0.2) is 0 Å². The first-order valence-electron chi connectivity index (χ1n) is 6.28. The van der Waals surface area contributed by atoms with Crippen molar-refractivity contribution >= 4 is 28.2 Å². The van der Waals surface area contributed by atoms with Crippen LogP contribution in [0.4, 0.5) is 0 Å². The lowest BCUT2D eigenvalue weighted by molar-refractivity contribution is -0.139. The maximum Gasteiger partial charge on any atom is 0.320 e. The average Bonchev–Trinajstić information content (AvgIpc) is 2.39. The number of aryl methyl sites for hydroxylation is 1. The molecule has 19 heavy (non-hydrogen) atoms. The third-order valence-corrected chi connectivity index (χ3v) is 3.37. The number of aliphatic carboxylic acids is 1. The van der Waals surface area contributed by atoms with Gasteiger partial charge in [0.1, 0.15) is 12.3 Å². The van der Waals surface area contributed by atoms with Crippen LogP contribution in [0.1, 0.15) is 35.7 Å². The minimum absolute atomic E-state index is 0.470. The lowest BCUT2D eigenvalue weighted by Crippen LogP contribution is -2.37. The minimum atomic E-state index is -0.849. The molecule has 0 aliphatic rings. The summed E-state index contributed by atoms with van der Waals surface area (Å²) in [5, 5.41) is 12.1. The first-order chi connectivity index (χ1) is 9.08. The molecule has 0 amide bonds. The predicted octanol–water partition coefficient (Wildman–Crippen LogP) is 2.65. The Bertz CT molecular complexity index is 448. The lowest BCUT2D eigenvalue weighted by atomic mass is 10.0. The van der Waals surface area contributed by atoms with Crippen LogP contribution in [0.5, 0.6) is 0 Å². The number of carbonyl (C=O) groups is 2. The number of aldehydes is 1. The molecule has 1 rings (SSSR count). The molecule has 0 aliphatic carbocycles. The van der Waals surface area contributed by atoms with Crippen LogP contribution in [0.3, 0.4) is 0 Å². The fraction of sp³-hybridized carbons (Fsp3) is 0.429. The highest BCUT2D eigenvalue weighted by Gasteiger charge is 2.16. The minimum Gasteiger partial charge on any atom is -0.480 e. The van der Waals surface area contributed by atoms with Crippen molar-refractivity contribution in [2.24, 2.45) is 0 Å². The summed E-state index contributed by atoms with van der Waals surface area (Å²) in [6, 6.07) is 4.89. The SMILES string of the molecule is CCCNC(CCc1ccc(Br)cc1C=O)C(=O)O. The summed E-state index contributed by atoms with van der Waals surface area (Å²) in [4.78, 5) is 22.1. The molecule has 0 radical (unpaired) electrons. The number of rotatable bonds is 8. The number of carbonyl (C=O) groups excluding carboxylic acids is 1. The van der Waals surface area contributed by atoms with Gasteiger partial charge in [0.2, 0.25) is 0 Å². The predicted molar refractivity (Wildman–Crippen MR) is 77.6 cm³/mol. The van der Waals surface area contributed by atoms with Gasteiger partial charge in [-0.2, -0.15) is 0 Å². The Hall–Kier alpha value is -1.20. The molecule has 0 spiro atoms. The smallest absolute Gasteiger partial charge is 0.320 e. The molecule has 5 heteroatoms. The number of carboxylic acid groups (broad SMARTS) is 1. The van der Waals surface area contributed by atoms with Crippen LogP contribution in [0.2, 0.25) is 0 Å². The Labute approximate surface area is 121 Å². The van der Waals surface area contributed by atoms with Gasteiger partial charge in [-0.3, -0.25) is 9.59 Å². The van der Waals surface area contributed by atoms with Crippen LogP contribution in [0.15, 0.2) is 22.7 Å². The number of halogens is 1. The molecule has 0 saturated heterocycles. The van der Waals surface area contributed by atoms with Gasteiger partial charge in [-0.15, -0.1) is 0 Å². The first-order valence-corrected chi connectivity index (χ1v) is 7.07. The van der Waals surface area contributed by atoms with Gasteiger partial charge in [-0.25, -0.2) is 0 Å². The van der Waals surface area contributed by atoms with Gasteiger partial charge in [0.25, 0.3) is 0 Å². The van der Waals surface area contributed by atoms with E-state index in [1.807, 2.05) is 19.1 Å². The van der Waals surface area contributed by atoms with Crippen molar-refractivity contribution in [3.8, 4) is 0 Å². The lowest BCUT2D eigenvalue weighted by Gasteiger charge is -2.14. The third-order valence-electron chi connectivity index (χ3n) is 2.88. The molecule has 4 nitrogen and oxygen atoms in total. The molecule has 104 valence electrons. The fourth-order valence-corrected chi connectivity index (χ4v) is 2.21. The van der Waals surface area contributed by atoms with Gasteiger partial charge in [0, 0.05) is 10.0 Å². The van der Waals surface area contributed by atoms with Crippen molar-refractivity contribution in [1.29, 1.82) is 0 Å². The van der Waals surface area contributed by atoms with Crippen LogP contribution in [-0.4, -0.2) is 29.9 Å². The summed E-state index contributed by atoms with van der Waals surface area (Å²) in [5.41, 5.74) is 1.48. The van der Waals surface area contributed by atoms with Crippen molar-refractivity contribution in [3.63, 3.8) is 0 Å². The first kappa shape index (κ1) is 15.9. The third kappa shape index (κ3) is 5.12. The summed E-state index contributed by atoms with van der Waals surface area (Å²) in [7, 11) is 0. The van der Waals surface area contributed by atoms with Crippen LogP contribution < -0.4 is 5.32 Å². The zero-order valence-corrected chi connectivity index (χ0v) is 12.4. The van der Waals surface area contributed by atoms with Crippen molar-refractivity contribution < 1.29 is 14.7 Å². The number of carboxylic acids is 1. The maximum atomic E-state index is 11.1. The monoisotopic (exact) mass is 327 g/mol. The molecule has 0 aliphatic heterocycles. The number of hydrogen-bond acceptors (Lipinski definition) is 3. The van der Waals surface area contributed by atoms with Crippen LogP contribution in [0.25, 0.3) is 0 Å². The van der Waals surface area contributed by atoms with E-state index >= 15 is 0 Å². The fourth-order valence-electron chi connectivity index (χ4n) is 1.83. The Balaban J connectivity index is 2.68. The largest absolute Gasteiger partial charge is 0.480 e. The highest BCUT2D eigenvalue weighted by Crippen LogP contribution is 2.17. The van der Waals surface area contributed by atoms with E-state index in [9.17, 15) is 9.59 Å². The quantitative estimate of drug-likeness (QED) is 0.720.